The summed E-state index contributed by atoms with van der Waals surface area (Å²) < 4.78 is 13.4. The van der Waals surface area contributed by atoms with E-state index in [2.05, 4.69) is 9.97 Å². The molecule has 2 N–H and O–H groups in total. The number of hydrogen-bond acceptors (Lipinski definition) is 3. The van der Waals surface area contributed by atoms with Crippen LogP contribution in [-0.4, -0.2) is 16.5 Å². The predicted octanol–water partition coefficient (Wildman–Crippen LogP) is 2.65. The van der Waals surface area contributed by atoms with E-state index < -0.39 is 0 Å². The molecule has 1 aliphatic carbocycles. The van der Waals surface area contributed by atoms with Crippen LogP contribution in [0.3, 0.4) is 0 Å². The van der Waals surface area contributed by atoms with Gasteiger partial charge in [-0.05, 0) is 61.9 Å². The minimum absolute atomic E-state index is 0.255. The number of aromatic nitrogens is 2. The Balaban J connectivity index is 1.99. The van der Waals surface area contributed by atoms with Crippen LogP contribution in [-0.2, 0) is 12.8 Å². The Morgan fingerprint density at radius 1 is 1.40 bits per heavy atom. The lowest BCUT2D eigenvalue weighted by atomic mass is 9.87. The zero-order chi connectivity index (χ0) is 14.1. The summed E-state index contributed by atoms with van der Waals surface area (Å²) in [5, 5.41) is 0. The van der Waals surface area contributed by atoms with E-state index in [0.717, 1.165) is 36.1 Å². The standard InChI is InChI=1S/C16H18FN3/c1-10-2-4-13(17)7-14(10)16-19-9-12-6-11(8-18)3-5-15(12)20-16/h2,4,7,9,11H,3,5-6,8,18H2,1H3. The van der Waals surface area contributed by atoms with Crippen molar-refractivity contribution >= 4 is 0 Å². The van der Waals surface area contributed by atoms with Crippen LogP contribution in [0.25, 0.3) is 11.4 Å². The fourth-order valence-corrected chi connectivity index (χ4v) is 2.75. The number of nitrogens with zero attached hydrogens (tertiary/aromatic N) is 2. The molecular formula is C16H18FN3. The van der Waals surface area contributed by atoms with Crippen molar-refractivity contribution in [2.75, 3.05) is 6.54 Å². The van der Waals surface area contributed by atoms with Crippen molar-refractivity contribution in [3.05, 3.63) is 47.0 Å². The molecule has 0 radical (unpaired) electrons. The van der Waals surface area contributed by atoms with Crippen molar-refractivity contribution in [3.8, 4) is 11.4 Å². The molecule has 1 aromatic carbocycles. The van der Waals surface area contributed by atoms with E-state index in [1.165, 1.54) is 17.7 Å². The lowest BCUT2D eigenvalue weighted by Crippen LogP contribution is -2.23. The molecule has 2 aromatic rings. The van der Waals surface area contributed by atoms with Gasteiger partial charge in [-0.1, -0.05) is 6.07 Å². The first-order valence-corrected chi connectivity index (χ1v) is 6.98. The molecule has 104 valence electrons. The van der Waals surface area contributed by atoms with Gasteiger partial charge in [-0.3, -0.25) is 0 Å². The molecule has 0 fully saturated rings. The Morgan fingerprint density at radius 3 is 3.05 bits per heavy atom. The van der Waals surface area contributed by atoms with Crippen LogP contribution in [0, 0.1) is 18.7 Å². The summed E-state index contributed by atoms with van der Waals surface area (Å²) >= 11 is 0. The second-order valence-electron chi connectivity index (χ2n) is 5.47. The van der Waals surface area contributed by atoms with E-state index in [4.69, 9.17) is 5.73 Å². The maximum atomic E-state index is 13.4. The monoisotopic (exact) mass is 271 g/mol. The largest absolute Gasteiger partial charge is 0.330 e. The fraction of sp³-hybridized carbons (Fsp3) is 0.375. The molecule has 1 aliphatic rings. The normalized spacial score (nSPS) is 17.9. The lowest BCUT2D eigenvalue weighted by molar-refractivity contribution is 0.462. The first-order chi connectivity index (χ1) is 9.67. The van der Waals surface area contributed by atoms with Gasteiger partial charge >= 0.3 is 0 Å². The van der Waals surface area contributed by atoms with E-state index in [1.54, 1.807) is 6.07 Å². The Morgan fingerprint density at radius 2 is 2.25 bits per heavy atom. The third-order valence-corrected chi connectivity index (χ3v) is 4.03. The summed E-state index contributed by atoms with van der Waals surface area (Å²) in [4.78, 5) is 9.05. The maximum Gasteiger partial charge on any atom is 0.159 e. The summed E-state index contributed by atoms with van der Waals surface area (Å²) in [5.74, 6) is 0.898. The Labute approximate surface area is 118 Å². The number of rotatable bonds is 2. The average Bonchev–Trinajstić information content (AvgIpc) is 2.48. The molecule has 0 amide bonds. The molecule has 0 bridgehead atoms. The van der Waals surface area contributed by atoms with Crippen LogP contribution in [0.2, 0.25) is 0 Å². The number of halogens is 1. The molecule has 1 aromatic heterocycles. The number of hydrogen-bond donors (Lipinski definition) is 1. The molecule has 1 atom stereocenters. The van der Waals surface area contributed by atoms with Gasteiger partial charge in [0.25, 0.3) is 0 Å². The van der Waals surface area contributed by atoms with Crippen molar-refractivity contribution in [1.29, 1.82) is 0 Å². The van der Waals surface area contributed by atoms with Crippen LogP contribution in [0.15, 0.2) is 24.4 Å². The van der Waals surface area contributed by atoms with E-state index >= 15 is 0 Å². The van der Waals surface area contributed by atoms with E-state index in [1.807, 2.05) is 13.1 Å². The first kappa shape index (κ1) is 13.2. The highest BCUT2D eigenvalue weighted by Gasteiger charge is 2.20. The summed E-state index contributed by atoms with van der Waals surface area (Å²) in [7, 11) is 0. The van der Waals surface area contributed by atoms with Gasteiger partial charge in [0, 0.05) is 17.5 Å². The zero-order valence-electron chi connectivity index (χ0n) is 11.6. The van der Waals surface area contributed by atoms with Gasteiger partial charge in [-0.2, -0.15) is 0 Å². The van der Waals surface area contributed by atoms with Crippen LogP contribution in [0.1, 0.15) is 23.2 Å². The van der Waals surface area contributed by atoms with Crippen molar-refractivity contribution in [2.24, 2.45) is 11.7 Å². The van der Waals surface area contributed by atoms with Crippen molar-refractivity contribution in [1.82, 2.24) is 9.97 Å². The molecule has 3 nitrogen and oxygen atoms in total. The summed E-state index contributed by atoms with van der Waals surface area (Å²) in [6.45, 7) is 2.66. The maximum absolute atomic E-state index is 13.4. The number of benzene rings is 1. The molecule has 20 heavy (non-hydrogen) atoms. The second kappa shape index (κ2) is 5.29. The molecule has 0 spiro atoms. The molecule has 1 unspecified atom stereocenters. The molecule has 3 rings (SSSR count). The Bertz CT molecular complexity index is 640. The van der Waals surface area contributed by atoms with Crippen LogP contribution in [0.5, 0.6) is 0 Å². The molecule has 0 saturated heterocycles. The topological polar surface area (TPSA) is 51.8 Å². The molecule has 0 aliphatic heterocycles. The van der Waals surface area contributed by atoms with Crippen LogP contribution < -0.4 is 5.73 Å². The number of aryl methyl sites for hydroxylation is 2. The minimum atomic E-state index is -0.255. The van der Waals surface area contributed by atoms with Crippen molar-refractivity contribution in [3.63, 3.8) is 0 Å². The molecule has 4 heteroatoms. The smallest absolute Gasteiger partial charge is 0.159 e. The van der Waals surface area contributed by atoms with Crippen LogP contribution in [0.4, 0.5) is 4.39 Å². The van der Waals surface area contributed by atoms with Crippen molar-refractivity contribution < 1.29 is 4.39 Å². The third-order valence-electron chi connectivity index (χ3n) is 4.03. The second-order valence-corrected chi connectivity index (χ2v) is 5.47. The number of fused-ring (bicyclic) bond motifs is 1. The molecule has 0 saturated carbocycles. The lowest BCUT2D eigenvalue weighted by Gasteiger charge is -2.22. The molecule has 1 heterocycles. The molecular weight excluding hydrogens is 253 g/mol. The Kier molecular flexibility index (Phi) is 3.49. The van der Waals surface area contributed by atoms with Gasteiger partial charge in [0.05, 0.1) is 0 Å². The van der Waals surface area contributed by atoms with E-state index in [-0.39, 0.29) is 5.82 Å². The minimum Gasteiger partial charge on any atom is -0.330 e. The average molecular weight is 271 g/mol. The van der Waals surface area contributed by atoms with E-state index in [9.17, 15) is 4.39 Å². The zero-order valence-corrected chi connectivity index (χ0v) is 11.6. The van der Waals surface area contributed by atoms with Gasteiger partial charge in [0.15, 0.2) is 5.82 Å². The number of nitrogens with two attached hydrogens (primary N) is 1. The summed E-state index contributed by atoms with van der Waals surface area (Å²) in [6, 6.07) is 4.73. The summed E-state index contributed by atoms with van der Waals surface area (Å²) in [6.07, 6.45) is 4.83. The highest BCUT2D eigenvalue weighted by atomic mass is 19.1. The quantitative estimate of drug-likeness (QED) is 0.913. The highest BCUT2D eigenvalue weighted by Crippen LogP contribution is 2.26. The van der Waals surface area contributed by atoms with E-state index in [0.29, 0.717) is 18.3 Å². The highest BCUT2D eigenvalue weighted by molar-refractivity contribution is 5.60. The van der Waals surface area contributed by atoms with Gasteiger partial charge < -0.3 is 5.73 Å². The third kappa shape index (κ3) is 2.43. The van der Waals surface area contributed by atoms with Crippen molar-refractivity contribution in [2.45, 2.75) is 26.2 Å². The van der Waals surface area contributed by atoms with Crippen LogP contribution >= 0.6 is 0 Å². The first-order valence-electron chi connectivity index (χ1n) is 6.98. The summed E-state index contributed by atoms with van der Waals surface area (Å²) in [5.41, 5.74) is 9.77. The SMILES string of the molecule is Cc1ccc(F)cc1-c1ncc2c(n1)CCC(CN)C2. The fourth-order valence-electron chi connectivity index (χ4n) is 2.75. The van der Waals surface area contributed by atoms with Gasteiger partial charge in [-0.25, -0.2) is 14.4 Å². The predicted molar refractivity (Wildman–Crippen MR) is 76.7 cm³/mol. The Hall–Kier alpha value is -1.81. The van der Waals surface area contributed by atoms with Gasteiger partial charge in [0.1, 0.15) is 5.82 Å². The van der Waals surface area contributed by atoms with Gasteiger partial charge in [-0.15, -0.1) is 0 Å². The van der Waals surface area contributed by atoms with Gasteiger partial charge in [0.2, 0.25) is 0 Å².